The highest BCUT2D eigenvalue weighted by atomic mass is 15.1. The smallest absolute Gasteiger partial charge is 0.0714 e. The summed E-state index contributed by atoms with van der Waals surface area (Å²) < 4.78 is 0. The van der Waals surface area contributed by atoms with E-state index in [-0.39, 0.29) is 0 Å². The van der Waals surface area contributed by atoms with Crippen molar-refractivity contribution in [2.24, 2.45) is 0 Å². The van der Waals surface area contributed by atoms with Crippen LogP contribution in [0.25, 0.3) is 86.9 Å². The van der Waals surface area contributed by atoms with Gasteiger partial charge in [-0.05, 0) is 146 Å². The van der Waals surface area contributed by atoms with Gasteiger partial charge in [0.1, 0.15) is 0 Å². The van der Waals surface area contributed by atoms with Gasteiger partial charge in [-0.2, -0.15) is 0 Å². The maximum absolute atomic E-state index is 2.50. The van der Waals surface area contributed by atoms with Gasteiger partial charge >= 0.3 is 0 Å². The molecule has 0 N–H and O–H groups in total. The summed E-state index contributed by atoms with van der Waals surface area (Å²) >= 11 is 0. The number of hydrogen-bond donors (Lipinski definition) is 0. The van der Waals surface area contributed by atoms with Crippen LogP contribution < -0.4 is 4.90 Å². The predicted octanol–water partition coefficient (Wildman–Crippen LogP) is 17.5. The van der Waals surface area contributed by atoms with Crippen LogP contribution in [0.3, 0.4) is 0 Å². The zero-order valence-corrected chi connectivity index (χ0v) is 36.1. The first-order valence-electron chi connectivity index (χ1n) is 23.0. The van der Waals surface area contributed by atoms with E-state index in [0.717, 1.165) is 17.1 Å². The second-order valence-corrected chi connectivity index (χ2v) is 17.9. The van der Waals surface area contributed by atoms with Crippen molar-refractivity contribution in [3.8, 4) is 22.3 Å². The second kappa shape index (κ2) is 14.2. The fourth-order valence-electron chi connectivity index (χ4n) is 11.8. The lowest BCUT2D eigenvalue weighted by Gasteiger charge is -2.35. The highest BCUT2D eigenvalue weighted by molar-refractivity contribution is 6.37. The maximum atomic E-state index is 2.50. The van der Waals surface area contributed by atoms with E-state index in [1.165, 1.54) is 109 Å². The molecule has 0 spiro atoms. The molecule has 0 heterocycles. The van der Waals surface area contributed by atoms with Gasteiger partial charge < -0.3 is 4.90 Å². The summed E-state index contributed by atoms with van der Waals surface area (Å²) in [5.41, 5.74) is 12.8. The standard InChI is InChI=1S/C65H41N/c1-4-15-42(16-5-1)43-33-35-50(36-34-43)66(51-37-38-54-53-24-10-11-28-59(53)65(60(54)41-51,48-20-6-2-7-21-48)49-22-8-3-9-23-49)52-39-47-32-31-46-18-13-26-56-55-25-12-17-44-29-30-45-19-14-27-57(63(45)61(44)55)58(40-52)64(47)62(46)56/h1-41H. The van der Waals surface area contributed by atoms with Crippen LogP contribution in [0.1, 0.15) is 22.3 Å². The molecule has 0 radical (unpaired) electrons. The SMILES string of the molecule is c1ccc(-c2ccc(N(c3ccc4c(c3)C(c3ccccc3)(c3ccccc3)c3ccccc3-4)c3cc4ccc5cccc6c7cccc8ccc9cccc(c(c3)c4c56)c9c87)cc2)cc1. The van der Waals surface area contributed by atoms with Crippen molar-refractivity contribution in [3.05, 3.63) is 271 Å². The largest absolute Gasteiger partial charge is 0.310 e. The zero-order valence-electron chi connectivity index (χ0n) is 36.1. The molecule has 0 fully saturated rings. The molecule has 1 nitrogen and oxygen atoms in total. The number of anilines is 3. The summed E-state index contributed by atoms with van der Waals surface area (Å²) in [6.07, 6.45) is 0. The van der Waals surface area contributed by atoms with Crippen LogP contribution in [0.4, 0.5) is 17.1 Å². The highest BCUT2D eigenvalue weighted by Gasteiger charge is 2.46. The first kappa shape index (κ1) is 36.9. The Kier molecular flexibility index (Phi) is 7.97. The lowest BCUT2D eigenvalue weighted by molar-refractivity contribution is 0.768. The van der Waals surface area contributed by atoms with E-state index in [1.807, 2.05) is 0 Å². The molecule has 13 aromatic rings. The maximum Gasteiger partial charge on any atom is 0.0714 e. The number of fused-ring (bicyclic) bond motifs is 5. The first-order valence-corrected chi connectivity index (χ1v) is 23.0. The summed E-state index contributed by atoms with van der Waals surface area (Å²) in [5.74, 6) is 0. The van der Waals surface area contributed by atoms with Crippen molar-refractivity contribution in [1.29, 1.82) is 0 Å². The topological polar surface area (TPSA) is 3.24 Å². The molecule has 0 saturated heterocycles. The molecule has 306 valence electrons. The van der Waals surface area contributed by atoms with Crippen molar-refractivity contribution >= 4 is 81.7 Å². The average molecular weight is 836 g/mol. The van der Waals surface area contributed by atoms with Gasteiger partial charge in [0.15, 0.2) is 0 Å². The minimum absolute atomic E-state index is 0.532. The van der Waals surface area contributed by atoms with E-state index in [2.05, 4.69) is 254 Å². The predicted molar refractivity (Wildman–Crippen MR) is 280 cm³/mol. The summed E-state index contributed by atoms with van der Waals surface area (Å²) in [7, 11) is 0. The van der Waals surface area contributed by atoms with E-state index >= 15 is 0 Å². The Labute approximate surface area is 383 Å². The van der Waals surface area contributed by atoms with Gasteiger partial charge in [0, 0.05) is 17.1 Å². The molecular weight excluding hydrogens is 795 g/mol. The van der Waals surface area contributed by atoms with Gasteiger partial charge in [-0.3, -0.25) is 0 Å². The van der Waals surface area contributed by atoms with Crippen molar-refractivity contribution in [2.45, 2.75) is 5.41 Å². The van der Waals surface area contributed by atoms with E-state index < -0.39 is 5.41 Å². The minimum Gasteiger partial charge on any atom is -0.310 e. The summed E-state index contributed by atoms with van der Waals surface area (Å²) in [4.78, 5) is 2.50. The fraction of sp³-hybridized carbons (Fsp3) is 0.0154. The van der Waals surface area contributed by atoms with Crippen LogP contribution in [0.2, 0.25) is 0 Å². The van der Waals surface area contributed by atoms with E-state index in [4.69, 9.17) is 0 Å². The van der Waals surface area contributed by atoms with Crippen LogP contribution in [0.5, 0.6) is 0 Å². The molecule has 0 saturated carbocycles. The molecule has 13 aromatic carbocycles. The monoisotopic (exact) mass is 835 g/mol. The highest BCUT2D eigenvalue weighted by Crippen LogP contribution is 2.57. The molecule has 14 rings (SSSR count). The molecule has 0 amide bonds. The molecule has 0 bridgehead atoms. The minimum atomic E-state index is -0.532. The van der Waals surface area contributed by atoms with Crippen molar-refractivity contribution in [3.63, 3.8) is 0 Å². The quantitative estimate of drug-likeness (QED) is 0.151. The molecule has 66 heavy (non-hydrogen) atoms. The molecule has 0 unspecified atom stereocenters. The molecule has 0 atom stereocenters. The third-order valence-electron chi connectivity index (χ3n) is 14.6. The molecule has 1 heteroatoms. The molecule has 1 aliphatic rings. The zero-order chi connectivity index (χ0) is 43.3. The van der Waals surface area contributed by atoms with Crippen molar-refractivity contribution in [1.82, 2.24) is 0 Å². The van der Waals surface area contributed by atoms with Crippen molar-refractivity contribution < 1.29 is 0 Å². The van der Waals surface area contributed by atoms with E-state index in [1.54, 1.807) is 0 Å². The number of nitrogens with zero attached hydrogens (tertiary/aromatic N) is 1. The van der Waals surface area contributed by atoms with Crippen molar-refractivity contribution in [2.75, 3.05) is 4.90 Å². The van der Waals surface area contributed by atoms with Gasteiger partial charge in [0.25, 0.3) is 0 Å². The first-order chi connectivity index (χ1) is 32.7. The summed E-state index contributed by atoms with van der Waals surface area (Å²) in [6.45, 7) is 0. The van der Waals surface area contributed by atoms with Crippen LogP contribution in [0, 0.1) is 0 Å². The molecule has 0 aliphatic heterocycles. The lowest BCUT2D eigenvalue weighted by Crippen LogP contribution is -2.28. The van der Waals surface area contributed by atoms with Gasteiger partial charge in [-0.15, -0.1) is 0 Å². The molecule has 0 aromatic heterocycles. The van der Waals surface area contributed by atoms with Crippen LogP contribution in [-0.4, -0.2) is 0 Å². The van der Waals surface area contributed by atoms with Gasteiger partial charge in [0.2, 0.25) is 0 Å². The second-order valence-electron chi connectivity index (χ2n) is 17.9. The molecular formula is C65H41N. The van der Waals surface area contributed by atoms with Gasteiger partial charge in [-0.25, -0.2) is 0 Å². The molecule has 1 aliphatic carbocycles. The van der Waals surface area contributed by atoms with Gasteiger partial charge in [0.05, 0.1) is 5.41 Å². The van der Waals surface area contributed by atoms with Gasteiger partial charge in [-0.1, -0.05) is 212 Å². The van der Waals surface area contributed by atoms with Crippen LogP contribution >= 0.6 is 0 Å². The fourth-order valence-corrected chi connectivity index (χ4v) is 11.8. The Hall–Kier alpha value is -8.52. The third kappa shape index (κ3) is 5.23. The van der Waals surface area contributed by atoms with E-state index in [9.17, 15) is 0 Å². The average Bonchev–Trinajstić information content (AvgIpc) is 3.68. The Morgan fingerprint density at radius 3 is 1.33 bits per heavy atom. The Bertz CT molecular complexity index is 3980. The van der Waals surface area contributed by atoms with Crippen LogP contribution in [0.15, 0.2) is 249 Å². The van der Waals surface area contributed by atoms with E-state index in [0.29, 0.717) is 0 Å². The summed E-state index contributed by atoms with van der Waals surface area (Å²) in [6, 6.07) is 93.0. The lowest BCUT2D eigenvalue weighted by atomic mass is 9.67. The third-order valence-corrected chi connectivity index (χ3v) is 14.6. The number of rotatable bonds is 6. The van der Waals surface area contributed by atoms with Crippen LogP contribution in [-0.2, 0) is 5.41 Å². The Morgan fingerprint density at radius 2 is 0.727 bits per heavy atom. The number of benzene rings is 12. The number of hydrogen-bond acceptors (Lipinski definition) is 1. The Balaban J connectivity index is 1.10. The summed E-state index contributed by atoms with van der Waals surface area (Å²) in [5, 5.41) is 15.3. The normalized spacial score (nSPS) is 13.0. The Morgan fingerprint density at radius 1 is 0.258 bits per heavy atom.